The van der Waals surface area contributed by atoms with E-state index in [2.05, 4.69) is 30.2 Å². The monoisotopic (exact) mass is 572 g/mol. The molecule has 3 heterocycles. The predicted molar refractivity (Wildman–Crippen MR) is 153 cm³/mol. The maximum atomic E-state index is 12.9. The summed E-state index contributed by atoms with van der Waals surface area (Å²) in [5, 5.41) is 6.58. The number of halogens is 1. The summed E-state index contributed by atoms with van der Waals surface area (Å²) in [5.41, 5.74) is 2.14. The van der Waals surface area contributed by atoms with Crippen molar-refractivity contribution < 1.29 is 17.9 Å². The van der Waals surface area contributed by atoms with Crippen LogP contribution in [-0.4, -0.2) is 56.9 Å². The molecule has 1 aliphatic rings. The Morgan fingerprint density at radius 3 is 2.41 bits per heavy atom. The number of carbonyl (C=O) groups is 1. The molecule has 12 heteroatoms. The molecule has 208 valence electrons. The Morgan fingerprint density at radius 1 is 1.08 bits per heavy atom. The van der Waals surface area contributed by atoms with Gasteiger partial charge in [-0.15, -0.1) is 0 Å². The van der Waals surface area contributed by atoms with Gasteiger partial charge in [0.15, 0.2) is 0 Å². The van der Waals surface area contributed by atoms with Crippen molar-refractivity contribution in [2.75, 3.05) is 36.7 Å². The summed E-state index contributed by atoms with van der Waals surface area (Å²) in [6, 6.07) is 14.0. The summed E-state index contributed by atoms with van der Waals surface area (Å²) >= 11 is 5.95. The molecule has 0 unspecified atom stereocenters. The van der Waals surface area contributed by atoms with Crippen LogP contribution in [0.3, 0.4) is 0 Å². The van der Waals surface area contributed by atoms with Crippen LogP contribution < -0.4 is 25.0 Å². The molecule has 1 aliphatic heterocycles. The van der Waals surface area contributed by atoms with Gasteiger partial charge >= 0.3 is 6.03 Å². The lowest BCUT2D eigenvalue weighted by atomic mass is 9.88. The Bertz CT molecular complexity index is 1380. The van der Waals surface area contributed by atoms with E-state index in [0.29, 0.717) is 41.7 Å². The van der Waals surface area contributed by atoms with Crippen molar-refractivity contribution in [3.63, 3.8) is 0 Å². The minimum Gasteiger partial charge on any atom is -0.495 e. The lowest BCUT2D eigenvalue weighted by molar-refractivity contribution is 0.243. The van der Waals surface area contributed by atoms with Crippen LogP contribution in [0.25, 0.3) is 0 Å². The van der Waals surface area contributed by atoms with Gasteiger partial charge in [0.25, 0.3) is 0 Å². The summed E-state index contributed by atoms with van der Waals surface area (Å²) in [6.07, 6.45) is 5.23. The quantitative estimate of drug-likeness (QED) is 0.371. The lowest BCUT2D eigenvalue weighted by Crippen LogP contribution is -2.51. The zero-order chi connectivity index (χ0) is 28.2. The van der Waals surface area contributed by atoms with Crippen LogP contribution in [0, 0.1) is 0 Å². The molecule has 3 aromatic rings. The second kappa shape index (κ2) is 11.8. The third-order valence-electron chi connectivity index (χ3n) is 6.60. The summed E-state index contributed by atoms with van der Waals surface area (Å²) in [7, 11) is -1.81. The highest BCUT2D eigenvalue weighted by Crippen LogP contribution is 2.31. The predicted octanol–water partition coefficient (Wildman–Crippen LogP) is 4.11. The number of sulfonamides is 1. The number of aromatic nitrogens is 2. The van der Waals surface area contributed by atoms with Crippen molar-refractivity contribution in [2.45, 2.75) is 37.8 Å². The number of benzene rings is 1. The number of carbonyl (C=O) groups excluding carboxylic acids is 1. The molecule has 4 rings (SSSR count). The second-order valence-corrected chi connectivity index (χ2v) is 12.3. The highest BCUT2D eigenvalue weighted by molar-refractivity contribution is 7.88. The molecule has 1 aromatic carbocycles. The molecular formula is C27H33ClN6O4S. The molecule has 39 heavy (non-hydrogen) atoms. The third-order valence-corrected chi connectivity index (χ3v) is 7.73. The zero-order valence-corrected chi connectivity index (χ0v) is 23.9. The Balaban J connectivity index is 1.52. The molecule has 3 N–H and O–H groups in total. The second-order valence-electron chi connectivity index (χ2n) is 10.1. The number of anilines is 2. The Hall–Kier alpha value is -3.41. The minimum absolute atomic E-state index is 0.108. The summed E-state index contributed by atoms with van der Waals surface area (Å²) < 4.78 is 31.4. The number of amides is 2. The molecule has 1 fully saturated rings. The molecule has 2 amide bonds. The maximum Gasteiger partial charge on any atom is 0.319 e. The van der Waals surface area contributed by atoms with Crippen LogP contribution >= 0.6 is 11.6 Å². The van der Waals surface area contributed by atoms with Crippen LogP contribution in [0.1, 0.15) is 37.6 Å². The number of nitrogens with zero attached hydrogens (tertiary/aromatic N) is 3. The number of methoxy groups -OCH3 is 1. The summed E-state index contributed by atoms with van der Waals surface area (Å²) in [6.45, 7) is 4.82. The molecule has 2 atom stereocenters. The van der Waals surface area contributed by atoms with E-state index in [4.69, 9.17) is 16.3 Å². The van der Waals surface area contributed by atoms with E-state index < -0.39 is 15.6 Å². The maximum absolute atomic E-state index is 12.9. The number of hydrogen-bond acceptors (Lipinski definition) is 7. The van der Waals surface area contributed by atoms with Crippen molar-refractivity contribution in [1.29, 1.82) is 0 Å². The first-order valence-electron chi connectivity index (χ1n) is 12.5. The largest absolute Gasteiger partial charge is 0.495 e. The first-order chi connectivity index (χ1) is 18.4. The Kier molecular flexibility index (Phi) is 8.63. The van der Waals surface area contributed by atoms with E-state index in [1.165, 1.54) is 0 Å². The van der Waals surface area contributed by atoms with Crippen LogP contribution in [0.4, 0.5) is 16.2 Å². The highest BCUT2D eigenvalue weighted by atomic mass is 35.5. The number of hydrogen-bond donors (Lipinski definition) is 3. The molecule has 0 aliphatic carbocycles. The SMILES string of the molecule is COc1ccc([C@@H]2CN(c3ccc(C(C)(C)NS(C)(=O)=O)nc3)CC[C@H]2NC(=O)Nc2ccc(Cl)cc2)nc1. The van der Waals surface area contributed by atoms with Gasteiger partial charge in [-0.3, -0.25) is 9.97 Å². The van der Waals surface area contributed by atoms with Gasteiger partial charge in [0.05, 0.1) is 42.7 Å². The van der Waals surface area contributed by atoms with E-state index in [1.54, 1.807) is 57.6 Å². The average molecular weight is 573 g/mol. The number of urea groups is 1. The van der Waals surface area contributed by atoms with Gasteiger partial charge in [0.1, 0.15) is 5.75 Å². The standard InChI is InChI=1S/C27H33ClN6O4S/c1-27(2,33-39(4,36)37)25-12-9-20(15-30-25)34-14-13-24(22(17-34)23-11-10-21(38-3)16-29-23)32-26(35)31-19-7-5-18(28)6-8-19/h5-12,15-16,22,24,33H,13-14,17H2,1-4H3,(H2,31,32,35)/t22-,24+/m0/s1. The van der Waals surface area contributed by atoms with Crippen LogP contribution in [0.15, 0.2) is 60.9 Å². The number of rotatable bonds is 8. The summed E-state index contributed by atoms with van der Waals surface area (Å²) in [4.78, 5) is 24.2. The molecule has 0 saturated carbocycles. The van der Waals surface area contributed by atoms with Gasteiger partial charge in [-0.25, -0.2) is 17.9 Å². The van der Waals surface area contributed by atoms with Gasteiger partial charge in [0.2, 0.25) is 10.0 Å². The van der Waals surface area contributed by atoms with Gasteiger partial charge in [-0.1, -0.05) is 11.6 Å². The number of nitrogens with one attached hydrogen (secondary N) is 3. The van der Waals surface area contributed by atoms with E-state index in [0.717, 1.165) is 17.6 Å². The molecule has 1 saturated heterocycles. The third kappa shape index (κ3) is 7.59. The summed E-state index contributed by atoms with van der Waals surface area (Å²) in [5.74, 6) is 0.546. The Morgan fingerprint density at radius 2 is 1.82 bits per heavy atom. The van der Waals surface area contributed by atoms with E-state index in [9.17, 15) is 13.2 Å². The molecule has 10 nitrogen and oxygen atoms in total. The molecular weight excluding hydrogens is 540 g/mol. The average Bonchev–Trinajstić information content (AvgIpc) is 2.89. The lowest BCUT2D eigenvalue weighted by Gasteiger charge is -2.40. The number of ether oxygens (including phenoxy) is 1. The molecule has 0 spiro atoms. The smallest absolute Gasteiger partial charge is 0.319 e. The van der Waals surface area contributed by atoms with Gasteiger partial charge in [-0.2, -0.15) is 0 Å². The Labute approximate surface area is 234 Å². The van der Waals surface area contributed by atoms with Crippen molar-refractivity contribution >= 4 is 39.0 Å². The minimum atomic E-state index is -3.40. The zero-order valence-electron chi connectivity index (χ0n) is 22.3. The van der Waals surface area contributed by atoms with E-state index in [1.807, 2.05) is 24.3 Å². The number of pyridine rings is 2. The van der Waals surface area contributed by atoms with Crippen molar-refractivity contribution in [1.82, 2.24) is 20.0 Å². The van der Waals surface area contributed by atoms with Crippen LogP contribution in [0.5, 0.6) is 5.75 Å². The normalized spacial score (nSPS) is 17.9. The first kappa shape index (κ1) is 28.6. The molecule has 0 radical (unpaired) electrons. The fourth-order valence-corrected chi connectivity index (χ4v) is 5.88. The topological polar surface area (TPSA) is 126 Å². The van der Waals surface area contributed by atoms with Gasteiger partial charge in [-0.05, 0) is 68.8 Å². The van der Waals surface area contributed by atoms with Crippen molar-refractivity contribution in [3.05, 3.63) is 77.3 Å². The van der Waals surface area contributed by atoms with Gasteiger partial charge in [0, 0.05) is 41.5 Å². The highest BCUT2D eigenvalue weighted by Gasteiger charge is 2.33. The fourth-order valence-electron chi connectivity index (χ4n) is 4.72. The van der Waals surface area contributed by atoms with Crippen LogP contribution in [0.2, 0.25) is 5.02 Å². The molecule has 0 bridgehead atoms. The van der Waals surface area contributed by atoms with Gasteiger partial charge < -0.3 is 20.3 Å². The van der Waals surface area contributed by atoms with E-state index in [-0.39, 0.29) is 18.0 Å². The van der Waals surface area contributed by atoms with Crippen molar-refractivity contribution in [2.24, 2.45) is 0 Å². The fraction of sp³-hybridized carbons (Fsp3) is 0.370. The first-order valence-corrected chi connectivity index (χ1v) is 14.7. The van der Waals surface area contributed by atoms with E-state index >= 15 is 0 Å². The van der Waals surface area contributed by atoms with Crippen LogP contribution in [-0.2, 0) is 15.6 Å². The number of piperidine rings is 1. The molecule has 2 aromatic heterocycles. The van der Waals surface area contributed by atoms with Crippen molar-refractivity contribution in [3.8, 4) is 5.75 Å².